The molecule has 2 aromatic rings. The number of hydrogen-bond donors (Lipinski definition) is 1. The first-order chi connectivity index (χ1) is 15.0. The van der Waals surface area contributed by atoms with Crippen LogP contribution in [0.25, 0.3) is 0 Å². The van der Waals surface area contributed by atoms with Crippen molar-refractivity contribution in [3.63, 3.8) is 0 Å². The molecule has 2 aliphatic rings. The van der Waals surface area contributed by atoms with Crippen LogP contribution >= 0.6 is 35.6 Å². The normalized spacial score (nSPS) is 21.0. The molecule has 6 nitrogen and oxygen atoms in total. The SMILES string of the molecule is COc1ccc(C2C(C)C(C(=O)NN3CCCCC3)=NN2c2cccc(Cl)c2Cl)cc1.Cl. The summed E-state index contributed by atoms with van der Waals surface area (Å²) in [7, 11) is 1.64. The van der Waals surface area contributed by atoms with E-state index in [-0.39, 0.29) is 30.3 Å². The number of nitrogens with zero attached hydrogens (tertiary/aromatic N) is 3. The predicted octanol–water partition coefficient (Wildman–Crippen LogP) is 5.49. The van der Waals surface area contributed by atoms with Gasteiger partial charge in [0, 0.05) is 19.0 Å². The number of hydrazone groups is 1. The van der Waals surface area contributed by atoms with E-state index in [1.54, 1.807) is 13.2 Å². The van der Waals surface area contributed by atoms with Gasteiger partial charge in [0.2, 0.25) is 0 Å². The zero-order valence-corrected chi connectivity index (χ0v) is 20.4. The summed E-state index contributed by atoms with van der Waals surface area (Å²) in [4.78, 5) is 13.1. The van der Waals surface area contributed by atoms with E-state index >= 15 is 0 Å². The maximum Gasteiger partial charge on any atom is 0.282 e. The molecule has 32 heavy (non-hydrogen) atoms. The summed E-state index contributed by atoms with van der Waals surface area (Å²) < 4.78 is 5.30. The maximum absolute atomic E-state index is 13.1. The molecular weight excluding hydrogens is 471 g/mol. The van der Waals surface area contributed by atoms with Gasteiger partial charge in [-0.2, -0.15) is 5.10 Å². The lowest BCUT2D eigenvalue weighted by Crippen LogP contribution is -2.48. The van der Waals surface area contributed by atoms with Crippen LogP contribution in [-0.4, -0.2) is 36.8 Å². The first-order valence-corrected chi connectivity index (χ1v) is 11.3. The third kappa shape index (κ3) is 4.99. The van der Waals surface area contributed by atoms with Crippen molar-refractivity contribution in [2.75, 3.05) is 25.2 Å². The second-order valence-corrected chi connectivity index (χ2v) is 8.68. The highest BCUT2D eigenvalue weighted by molar-refractivity contribution is 6.44. The number of piperidine rings is 1. The van der Waals surface area contributed by atoms with Gasteiger partial charge < -0.3 is 4.74 Å². The van der Waals surface area contributed by atoms with Crippen molar-refractivity contribution < 1.29 is 9.53 Å². The molecule has 1 fully saturated rings. The minimum absolute atomic E-state index is 0. The van der Waals surface area contributed by atoms with Crippen molar-refractivity contribution in [1.29, 1.82) is 0 Å². The molecule has 0 bridgehead atoms. The summed E-state index contributed by atoms with van der Waals surface area (Å²) in [5.74, 6) is 0.438. The topological polar surface area (TPSA) is 57.2 Å². The van der Waals surface area contributed by atoms with Crippen LogP contribution in [-0.2, 0) is 4.79 Å². The molecule has 0 aliphatic carbocycles. The monoisotopic (exact) mass is 496 g/mol. The number of amides is 1. The molecule has 1 amide bonds. The molecule has 9 heteroatoms. The first-order valence-electron chi connectivity index (χ1n) is 10.5. The highest BCUT2D eigenvalue weighted by Crippen LogP contribution is 2.43. The quantitative estimate of drug-likeness (QED) is 0.593. The lowest BCUT2D eigenvalue weighted by molar-refractivity contribution is -0.120. The average Bonchev–Trinajstić information content (AvgIpc) is 3.13. The molecule has 2 atom stereocenters. The Kier molecular flexibility index (Phi) is 8.28. The molecule has 172 valence electrons. The molecule has 0 spiro atoms. The standard InChI is InChI=1S/C23H26Cl2N4O2.ClH/c1-15-21(23(30)27-28-13-4-3-5-14-28)26-29(19-8-6-7-18(24)20(19)25)22(15)16-9-11-17(31-2)12-10-16;/h6-12,15,22H,3-5,13-14H2,1-2H3,(H,27,30);1H. The van der Waals surface area contributed by atoms with Crippen molar-refractivity contribution in [3.05, 3.63) is 58.1 Å². The Hall–Kier alpha value is -1.99. The van der Waals surface area contributed by atoms with Crippen LogP contribution in [0.2, 0.25) is 10.0 Å². The smallest absolute Gasteiger partial charge is 0.282 e. The fourth-order valence-electron chi connectivity index (χ4n) is 4.19. The van der Waals surface area contributed by atoms with Crippen LogP contribution < -0.4 is 15.2 Å². The summed E-state index contributed by atoms with van der Waals surface area (Å²) in [6.07, 6.45) is 3.37. The molecule has 2 unspecified atom stereocenters. The van der Waals surface area contributed by atoms with Gasteiger partial charge in [0.15, 0.2) is 0 Å². The number of methoxy groups -OCH3 is 1. The summed E-state index contributed by atoms with van der Waals surface area (Å²) in [5, 5.41) is 9.40. The molecular formula is C23H27Cl3N4O2. The third-order valence-electron chi connectivity index (χ3n) is 5.87. The lowest BCUT2D eigenvalue weighted by atomic mass is 9.91. The minimum Gasteiger partial charge on any atom is -0.497 e. The van der Waals surface area contributed by atoms with E-state index in [1.165, 1.54) is 6.42 Å². The summed E-state index contributed by atoms with van der Waals surface area (Å²) >= 11 is 12.8. The summed E-state index contributed by atoms with van der Waals surface area (Å²) in [6, 6.07) is 13.0. The molecule has 1 saturated heterocycles. The number of carbonyl (C=O) groups excluding carboxylic acids is 1. The van der Waals surface area contributed by atoms with Crippen LogP contribution in [0.1, 0.15) is 37.8 Å². The Morgan fingerprint density at radius 3 is 2.44 bits per heavy atom. The maximum atomic E-state index is 13.1. The number of hydrogen-bond acceptors (Lipinski definition) is 5. The van der Waals surface area contributed by atoms with Gasteiger partial charge in [-0.25, -0.2) is 5.01 Å². The Morgan fingerprint density at radius 2 is 1.78 bits per heavy atom. The minimum atomic E-state index is -0.205. The fraction of sp³-hybridized carbons (Fsp3) is 0.391. The largest absolute Gasteiger partial charge is 0.497 e. The van der Waals surface area contributed by atoms with Crippen LogP contribution in [0.15, 0.2) is 47.6 Å². The van der Waals surface area contributed by atoms with Crippen molar-refractivity contribution in [1.82, 2.24) is 10.4 Å². The summed E-state index contributed by atoms with van der Waals surface area (Å²) in [6.45, 7) is 3.74. The Bertz CT molecular complexity index is 978. The highest BCUT2D eigenvalue weighted by Gasteiger charge is 2.40. The number of carbonyl (C=O) groups is 1. The lowest BCUT2D eigenvalue weighted by Gasteiger charge is -2.28. The molecule has 0 saturated carbocycles. The van der Waals surface area contributed by atoms with E-state index in [2.05, 4.69) is 5.43 Å². The van der Waals surface area contributed by atoms with Crippen LogP contribution in [0.3, 0.4) is 0 Å². The number of anilines is 1. The molecule has 0 radical (unpaired) electrons. The number of ether oxygens (including phenoxy) is 1. The van der Waals surface area contributed by atoms with E-state index in [0.717, 1.165) is 37.2 Å². The van der Waals surface area contributed by atoms with E-state index in [0.29, 0.717) is 21.4 Å². The third-order valence-corrected chi connectivity index (χ3v) is 6.68. The number of rotatable bonds is 5. The van der Waals surface area contributed by atoms with E-state index < -0.39 is 0 Å². The fourth-order valence-corrected chi connectivity index (χ4v) is 4.58. The van der Waals surface area contributed by atoms with Gasteiger partial charge in [-0.1, -0.05) is 54.7 Å². The predicted molar refractivity (Wildman–Crippen MR) is 132 cm³/mol. The number of hydrazine groups is 1. The number of benzene rings is 2. The first kappa shape index (κ1) is 24.6. The van der Waals surface area contributed by atoms with Gasteiger partial charge in [-0.3, -0.25) is 15.2 Å². The summed E-state index contributed by atoms with van der Waals surface area (Å²) in [5.41, 5.74) is 5.19. The molecule has 4 rings (SSSR count). The van der Waals surface area contributed by atoms with Gasteiger partial charge >= 0.3 is 0 Å². The van der Waals surface area contributed by atoms with E-state index in [9.17, 15) is 4.79 Å². The molecule has 2 aromatic carbocycles. The van der Waals surface area contributed by atoms with Crippen molar-refractivity contribution in [2.45, 2.75) is 32.2 Å². The highest BCUT2D eigenvalue weighted by atomic mass is 35.5. The van der Waals surface area contributed by atoms with Gasteiger partial charge in [0.05, 0.1) is 28.9 Å². The van der Waals surface area contributed by atoms with Crippen molar-refractivity contribution >= 4 is 52.9 Å². The van der Waals surface area contributed by atoms with Crippen molar-refractivity contribution in [3.8, 4) is 5.75 Å². The van der Waals surface area contributed by atoms with Crippen molar-refractivity contribution in [2.24, 2.45) is 11.0 Å². The Balaban J connectivity index is 0.00000289. The zero-order valence-electron chi connectivity index (χ0n) is 18.1. The zero-order chi connectivity index (χ0) is 22.0. The molecule has 1 N–H and O–H groups in total. The Labute approximate surface area is 204 Å². The van der Waals surface area contributed by atoms with E-state index in [1.807, 2.05) is 53.3 Å². The van der Waals surface area contributed by atoms with Crippen LogP contribution in [0, 0.1) is 5.92 Å². The second kappa shape index (κ2) is 10.8. The number of nitrogens with one attached hydrogen (secondary N) is 1. The van der Waals surface area contributed by atoms with Crippen LogP contribution in [0.4, 0.5) is 5.69 Å². The van der Waals surface area contributed by atoms with Gasteiger partial charge in [-0.15, -0.1) is 12.4 Å². The van der Waals surface area contributed by atoms with Gasteiger partial charge in [0.25, 0.3) is 5.91 Å². The Morgan fingerprint density at radius 1 is 1.09 bits per heavy atom. The molecule has 2 heterocycles. The second-order valence-electron chi connectivity index (χ2n) is 7.90. The van der Waals surface area contributed by atoms with Crippen LogP contribution in [0.5, 0.6) is 5.75 Å². The van der Waals surface area contributed by atoms with Gasteiger partial charge in [0.1, 0.15) is 11.5 Å². The van der Waals surface area contributed by atoms with Gasteiger partial charge in [-0.05, 0) is 42.7 Å². The molecule has 0 aromatic heterocycles. The number of halogens is 3. The molecule has 2 aliphatic heterocycles. The van der Waals surface area contributed by atoms with E-state index in [4.69, 9.17) is 33.0 Å². The average molecular weight is 498 g/mol.